The molecule has 0 aromatic carbocycles. The van der Waals surface area contributed by atoms with E-state index in [9.17, 15) is 9.90 Å². The van der Waals surface area contributed by atoms with Crippen LogP contribution in [-0.4, -0.2) is 28.8 Å². The van der Waals surface area contributed by atoms with Crippen molar-refractivity contribution in [3.05, 3.63) is 41.0 Å². The largest absolute Gasteiger partial charge is 0.465 e. The summed E-state index contributed by atoms with van der Waals surface area (Å²) in [7, 11) is 0. The Morgan fingerprint density at radius 1 is 1.50 bits per heavy atom. The van der Waals surface area contributed by atoms with Crippen LogP contribution >= 0.6 is 11.3 Å². The molecule has 0 spiro atoms. The minimum atomic E-state index is -1.02. The van der Waals surface area contributed by atoms with Crippen LogP contribution in [-0.2, 0) is 11.2 Å². The number of rotatable bonds is 3. The molecule has 1 aliphatic rings. The third-order valence-electron chi connectivity index (χ3n) is 4.24. The number of ether oxygens (including phenoxy) is 1. The van der Waals surface area contributed by atoms with Crippen molar-refractivity contribution in [2.75, 3.05) is 6.61 Å². The van der Waals surface area contributed by atoms with Crippen molar-refractivity contribution >= 4 is 17.4 Å². The zero-order chi connectivity index (χ0) is 17.3. The van der Waals surface area contributed by atoms with E-state index in [2.05, 4.69) is 16.4 Å². The van der Waals surface area contributed by atoms with Gasteiger partial charge in [0.15, 0.2) is 0 Å². The summed E-state index contributed by atoms with van der Waals surface area (Å²) in [5.41, 5.74) is 1.92. The van der Waals surface area contributed by atoms with Gasteiger partial charge < -0.3 is 15.2 Å². The Balaban J connectivity index is 1.99. The van der Waals surface area contributed by atoms with Gasteiger partial charge in [-0.05, 0) is 23.1 Å². The van der Waals surface area contributed by atoms with Crippen molar-refractivity contribution in [2.45, 2.75) is 39.3 Å². The number of fused-ring (bicyclic) bond motifs is 1. The molecule has 0 bridgehead atoms. The number of carboxylic acid groups (broad SMARTS) is 1. The fourth-order valence-electron chi connectivity index (χ4n) is 3.05. The summed E-state index contributed by atoms with van der Waals surface area (Å²) in [6.45, 7) is 6.69. The second-order valence-electron chi connectivity index (χ2n) is 7.07. The number of amides is 1. The first-order valence-electron chi connectivity index (χ1n) is 8.00. The number of aromatic nitrogens is 1. The lowest BCUT2D eigenvalue weighted by molar-refractivity contribution is -0.0115. The maximum absolute atomic E-state index is 11.3. The van der Waals surface area contributed by atoms with Gasteiger partial charge in [0.05, 0.1) is 12.6 Å². The minimum absolute atomic E-state index is 0.256. The molecule has 3 heterocycles. The molecule has 3 rings (SSSR count). The molecule has 2 aromatic heterocycles. The second kappa shape index (κ2) is 6.53. The molecular formula is C18H22N2O3S. The Morgan fingerprint density at radius 2 is 2.29 bits per heavy atom. The van der Waals surface area contributed by atoms with Gasteiger partial charge in [-0.15, -0.1) is 11.3 Å². The second-order valence-corrected chi connectivity index (χ2v) is 8.20. The van der Waals surface area contributed by atoms with Crippen LogP contribution in [0.1, 0.15) is 37.3 Å². The standard InChI is InChI=1S/C18H22N2O3S/c1-18(2,3)16(20-17(21)22)15-12-9-14(11-5-4-7-19-10-11)24-13(12)6-8-23-15/h4-5,7,9-10,15-16,20H,6,8H2,1-3H3,(H,21,22). The smallest absolute Gasteiger partial charge is 0.404 e. The van der Waals surface area contributed by atoms with E-state index < -0.39 is 6.09 Å². The lowest BCUT2D eigenvalue weighted by Gasteiger charge is -2.38. The zero-order valence-corrected chi connectivity index (χ0v) is 14.9. The normalized spacial score (nSPS) is 18.7. The molecule has 0 fully saturated rings. The van der Waals surface area contributed by atoms with E-state index in [4.69, 9.17) is 4.74 Å². The molecule has 6 heteroatoms. The highest BCUT2D eigenvalue weighted by atomic mass is 32.1. The van der Waals surface area contributed by atoms with Gasteiger partial charge in [-0.25, -0.2) is 4.79 Å². The van der Waals surface area contributed by atoms with Crippen LogP contribution in [0.25, 0.3) is 10.4 Å². The van der Waals surface area contributed by atoms with Gasteiger partial charge >= 0.3 is 6.09 Å². The molecule has 24 heavy (non-hydrogen) atoms. The van der Waals surface area contributed by atoms with E-state index in [-0.39, 0.29) is 17.6 Å². The fraction of sp³-hybridized carbons (Fsp3) is 0.444. The van der Waals surface area contributed by atoms with Crippen LogP contribution in [0, 0.1) is 5.41 Å². The summed E-state index contributed by atoms with van der Waals surface area (Å²) in [4.78, 5) is 17.9. The van der Waals surface area contributed by atoms with Crippen LogP contribution in [0.5, 0.6) is 0 Å². The highest BCUT2D eigenvalue weighted by molar-refractivity contribution is 7.15. The molecule has 1 aliphatic heterocycles. The molecule has 0 saturated heterocycles. The zero-order valence-electron chi connectivity index (χ0n) is 14.1. The lowest BCUT2D eigenvalue weighted by Crippen LogP contribution is -2.48. The molecule has 128 valence electrons. The van der Waals surface area contributed by atoms with Gasteiger partial charge in [0.2, 0.25) is 0 Å². The quantitative estimate of drug-likeness (QED) is 0.877. The van der Waals surface area contributed by atoms with Crippen LogP contribution < -0.4 is 5.32 Å². The van der Waals surface area contributed by atoms with E-state index in [1.165, 1.54) is 4.88 Å². The van der Waals surface area contributed by atoms with Crippen molar-refractivity contribution < 1.29 is 14.6 Å². The number of hydrogen-bond donors (Lipinski definition) is 2. The molecular weight excluding hydrogens is 324 g/mol. The first kappa shape index (κ1) is 16.9. The number of thiophene rings is 1. The first-order valence-corrected chi connectivity index (χ1v) is 8.82. The summed E-state index contributed by atoms with van der Waals surface area (Å²) in [5, 5.41) is 11.9. The lowest BCUT2D eigenvalue weighted by atomic mass is 9.80. The molecule has 0 aliphatic carbocycles. The van der Waals surface area contributed by atoms with Gasteiger partial charge in [0.1, 0.15) is 6.10 Å². The van der Waals surface area contributed by atoms with Crippen molar-refractivity contribution in [3.8, 4) is 10.4 Å². The third-order valence-corrected chi connectivity index (χ3v) is 5.50. The van der Waals surface area contributed by atoms with E-state index in [0.717, 1.165) is 22.4 Å². The van der Waals surface area contributed by atoms with E-state index >= 15 is 0 Å². The molecule has 0 saturated carbocycles. The predicted molar refractivity (Wildman–Crippen MR) is 94.4 cm³/mol. The van der Waals surface area contributed by atoms with Gasteiger partial charge in [0, 0.05) is 34.1 Å². The minimum Gasteiger partial charge on any atom is -0.465 e. The number of hydrogen-bond acceptors (Lipinski definition) is 4. The SMILES string of the molecule is CC(C)(C)C(NC(=O)O)C1OCCc2sc(-c3cccnc3)cc21. The Labute approximate surface area is 145 Å². The van der Waals surface area contributed by atoms with Crippen molar-refractivity contribution in [1.29, 1.82) is 0 Å². The highest BCUT2D eigenvalue weighted by Crippen LogP contribution is 2.42. The predicted octanol–water partition coefficient (Wildman–Crippen LogP) is 4.11. The van der Waals surface area contributed by atoms with Gasteiger partial charge in [-0.3, -0.25) is 4.98 Å². The molecule has 1 amide bonds. The fourth-order valence-corrected chi connectivity index (χ4v) is 4.22. The molecule has 2 unspecified atom stereocenters. The first-order chi connectivity index (χ1) is 11.4. The maximum atomic E-state index is 11.3. The summed E-state index contributed by atoms with van der Waals surface area (Å²) in [5.74, 6) is 0. The monoisotopic (exact) mass is 346 g/mol. The van der Waals surface area contributed by atoms with Gasteiger partial charge in [-0.2, -0.15) is 0 Å². The molecule has 5 nitrogen and oxygen atoms in total. The number of pyridine rings is 1. The molecule has 0 radical (unpaired) electrons. The Bertz CT molecular complexity index is 722. The van der Waals surface area contributed by atoms with Crippen molar-refractivity contribution in [2.24, 2.45) is 5.41 Å². The summed E-state index contributed by atoms with van der Waals surface area (Å²) in [6.07, 6.45) is 3.18. The van der Waals surface area contributed by atoms with Crippen LogP contribution in [0.4, 0.5) is 4.79 Å². The topological polar surface area (TPSA) is 71.5 Å². The van der Waals surface area contributed by atoms with E-state index in [0.29, 0.717) is 6.61 Å². The summed E-state index contributed by atoms with van der Waals surface area (Å²) < 4.78 is 6.01. The Morgan fingerprint density at radius 3 is 2.92 bits per heavy atom. The van der Waals surface area contributed by atoms with Gasteiger partial charge in [0.25, 0.3) is 0 Å². The number of nitrogens with zero attached hydrogens (tertiary/aromatic N) is 1. The Kier molecular flexibility index (Phi) is 4.60. The van der Waals surface area contributed by atoms with Crippen LogP contribution in [0.2, 0.25) is 0 Å². The summed E-state index contributed by atoms with van der Waals surface area (Å²) >= 11 is 1.74. The maximum Gasteiger partial charge on any atom is 0.404 e. The average Bonchev–Trinajstić information content (AvgIpc) is 2.96. The molecule has 2 N–H and O–H groups in total. The molecule has 2 atom stereocenters. The number of carbonyl (C=O) groups is 1. The molecule has 2 aromatic rings. The Hall–Kier alpha value is -1.92. The van der Waals surface area contributed by atoms with Crippen LogP contribution in [0.15, 0.2) is 30.6 Å². The van der Waals surface area contributed by atoms with Gasteiger partial charge in [-0.1, -0.05) is 26.8 Å². The van der Waals surface area contributed by atoms with E-state index in [1.54, 1.807) is 17.5 Å². The third kappa shape index (κ3) is 3.44. The summed E-state index contributed by atoms with van der Waals surface area (Å²) in [6, 6.07) is 5.77. The number of nitrogens with one attached hydrogen (secondary N) is 1. The van der Waals surface area contributed by atoms with E-state index in [1.807, 2.05) is 39.1 Å². The van der Waals surface area contributed by atoms with Crippen LogP contribution in [0.3, 0.4) is 0 Å². The van der Waals surface area contributed by atoms with Crippen molar-refractivity contribution in [3.63, 3.8) is 0 Å². The van der Waals surface area contributed by atoms with Crippen molar-refractivity contribution in [1.82, 2.24) is 10.3 Å². The average molecular weight is 346 g/mol. The highest BCUT2D eigenvalue weighted by Gasteiger charge is 2.38.